The lowest BCUT2D eigenvalue weighted by Gasteiger charge is -2.16. The summed E-state index contributed by atoms with van der Waals surface area (Å²) in [6.45, 7) is 6.71. The van der Waals surface area contributed by atoms with Gasteiger partial charge in [0.15, 0.2) is 5.82 Å². The molecule has 1 heterocycles. The number of hydrogen-bond acceptors (Lipinski definition) is 5. The van der Waals surface area contributed by atoms with Gasteiger partial charge in [-0.3, -0.25) is 4.79 Å². The summed E-state index contributed by atoms with van der Waals surface area (Å²) >= 11 is 0. The van der Waals surface area contributed by atoms with E-state index in [2.05, 4.69) is 15.0 Å². The molecule has 1 aromatic rings. The van der Waals surface area contributed by atoms with E-state index in [1.165, 1.54) is 0 Å². The van der Waals surface area contributed by atoms with Crippen LogP contribution in [-0.4, -0.2) is 46.9 Å². The van der Waals surface area contributed by atoms with Gasteiger partial charge in [-0.25, -0.2) is 8.78 Å². The molecule has 0 aliphatic carbocycles. The molecule has 0 fully saturated rings. The van der Waals surface area contributed by atoms with Crippen LogP contribution in [0.3, 0.4) is 0 Å². The van der Waals surface area contributed by atoms with Crippen molar-refractivity contribution in [1.82, 2.24) is 15.0 Å². The number of ketones is 1. The summed E-state index contributed by atoms with van der Waals surface area (Å²) in [6.07, 6.45) is -2.92. The fourth-order valence-corrected chi connectivity index (χ4v) is 1.49. The first-order valence-corrected chi connectivity index (χ1v) is 5.91. The van der Waals surface area contributed by atoms with E-state index in [1.807, 2.05) is 13.8 Å². The third-order valence-electron chi connectivity index (χ3n) is 2.63. The maximum atomic E-state index is 12.0. The Morgan fingerprint density at radius 3 is 2.61 bits per heavy atom. The third kappa shape index (κ3) is 4.48. The van der Waals surface area contributed by atoms with Crippen molar-refractivity contribution in [3.8, 4) is 0 Å². The molecule has 0 N–H and O–H groups in total. The summed E-state index contributed by atoms with van der Waals surface area (Å²) in [6, 6.07) is 0. The topological polar surface area (TPSA) is 59.2 Å². The summed E-state index contributed by atoms with van der Waals surface area (Å²) in [5.41, 5.74) is 0. The number of halogens is 2. The van der Waals surface area contributed by atoms with Crippen molar-refractivity contribution in [1.29, 1.82) is 0 Å². The first kappa shape index (κ1) is 14.7. The fraction of sp³-hybridized carbons (Fsp3) is 0.727. The van der Waals surface area contributed by atoms with Crippen molar-refractivity contribution in [2.45, 2.75) is 33.1 Å². The number of alkyl halides is 2. The molecule has 0 amide bonds. The second-order valence-corrected chi connectivity index (χ2v) is 3.83. The van der Waals surface area contributed by atoms with Crippen LogP contribution in [0, 0.1) is 0 Å². The Hall–Kier alpha value is -1.37. The zero-order valence-electron chi connectivity index (χ0n) is 10.5. The smallest absolute Gasteiger partial charge is 0.296 e. The quantitative estimate of drug-likeness (QED) is 0.706. The molecule has 0 bridgehead atoms. The van der Waals surface area contributed by atoms with Gasteiger partial charge in [-0.1, -0.05) is 19.0 Å². The van der Waals surface area contributed by atoms with E-state index in [0.29, 0.717) is 12.2 Å². The minimum absolute atomic E-state index is 0.0464. The van der Waals surface area contributed by atoms with Gasteiger partial charge in [0, 0.05) is 13.0 Å². The molecule has 0 radical (unpaired) electrons. The average molecular weight is 261 g/mol. The van der Waals surface area contributed by atoms with E-state index in [1.54, 1.807) is 0 Å². The van der Waals surface area contributed by atoms with Crippen LogP contribution in [0.15, 0.2) is 4.52 Å². The van der Waals surface area contributed by atoms with Gasteiger partial charge in [0.2, 0.25) is 11.7 Å². The number of carbonyl (C=O) groups excluding carboxylic acids is 1. The molecule has 0 atom stereocenters. The molecular formula is C11H17F2N3O2. The van der Waals surface area contributed by atoms with Gasteiger partial charge >= 0.3 is 0 Å². The molecule has 0 unspecified atom stereocenters. The maximum absolute atomic E-state index is 12.0. The number of aromatic nitrogens is 2. The summed E-state index contributed by atoms with van der Waals surface area (Å²) in [4.78, 5) is 16.9. The normalized spacial score (nSPS) is 11.4. The monoisotopic (exact) mass is 261 g/mol. The van der Waals surface area contributed by atoms with Gasteiger partial charge in [0.25, 0.3) is 6.43 Å². The van der Waals surface area contributed by atoms with E-state index >= 15 is 0 Å². The van der Waals surface area contributed by atoms with Crippen LogP contribution in [0.1, 0.15) is 25.6 Å². The molecule has 102 valence electrons. The number of carbonyl (C=O) groups is 1. The molecule has 0 aromatic carbocycles. The fourth-order valence-electron chi connectivity index (χ4n) is 1.49. The average Bonchev–Trinajstić information content (AvgIpc) is 2.78. The Morgan fingerprint density at radius 2 is 2.06 bits per heavy atom. The van der Waals surface area contributed by atoms with Crippen LogP contribution < -0.4 is 0 Å². The molecule has 1 rings (SSSR count). The van der Waals surface area contributed by atoms with Crippen LogP contribution >= 0.6 is 0 Å². The lowest BCUT2D eigenvalue weighted by atomic mass is 10.3. The molecule has 18 heavy (non-hydrogen) atoms. The van der Waals surface area contributed by atoms with Gasteiger partial charge in [-0.2, -0.15) is 4.98 Å². The van der Waals surface area contributed by atoms with E-state index < -0.39 is 18.6 Å². The first-order chi connectivity index (χ1) is 8.56. The van der Waals surface area contributed by atoms with Crippen molar-refractivity contribution < 1.29 is 18.1 Å². The zero-order valence-corrected chi connectivity index (χ0v) is 10.5. The van der Waals surface area contributed by atoms with Crippen LogP contribution in [0.25, 0.3) is 0 Å². The number of Topliss-reactive ketones (excluding diaryl/α,β-unsaturated/α-hetero) is 1. The van der Waals surface area contributed by atoms with Gasteiger partial charge in [0.1, 0.15) is 0 Å². The molecular weight excluding hydrogens is 244 g/mol. The highest BCUT2D eigenvalue weighted by Crippen LogP contribution is 2.04. The zero-order chi connectivity index (χ0) is 13.5. The molecule has 0 aliphatic rings. The lowest BCUT2D eigenvalue weighted by molar-refractivity contribution is -0.129. The molecule has 0 saturated carbocycles. The van der Waals surface area contributed by atoms with Gasteiger partial charge in [-0.05, 0) is 13.1 Å². The van der Waals surface area contributed by atoms with Crippen molar-refractivity contribution in [3.63, 3.8) is 0 Å². The van der Waals surface area contributed by atoms with Crippen LogP contribution in [0.2, 0.25) is 0 Å². The highest BCUT2D eigenvalue weighted by molar-refractivity contribution is 5.82. The summed E-state index contributed by atoms with van der Waals surface area (Å²) in [7, 11) is 0. The van der Waals surface area contributed by atoms with Crippen molar-refractivity contribution >= 4 is 5.78 Å². The largest absolute Gasteiger partial charge is 0.339 e. The number of nitrogens with zero attached hydrogens (tertiary/aromatic N) is 3. The molecule has 5 nitrogen and oxygen atoms in total. The number of hydrogen-bond donors (Lipinski definition) is 0. The molecule has 0 aliphatic heterocycles. The van der Waals surface area contributed by atoms with Crippen LogP contribution in [0.4, 0.5) is 8.78 Å². The second-order valence-electron chi connectivity index (χ2n) is 3.83. The molecule has 0 saturated heterocycles. The van der Waals surface area contributed by atoms with Crippen molar-refractivity contribution in [3.05, 3.63) is 11.7 Å². The summed E-state index contributed by atoms with van der Waals surface area (Å²) in [5.74, 6) is -0.803. The molecule has 7 heteroatoms. The Balaban J connectivity index is 2.45. The molecule has 0 spiro atoms. The minimum atomic E-state index is -2.99. The Kier molecular flexibility index (Phi) is 5.84. The Bertz CT molecular complexity index is 378. The van der Waals surface area contributed by atoms with Gasteiger partial charge < -0.3 is 9.42 Å². The first-order valence-electron chi connectivity index (χ1n) is 5.91. The van der Waals surface area contributed by atoms with Gasteiger partial charge in [0.05, 0.1) is 6.42 Å². The number of likely N-dealkylation sites (N-methyl/N-ethyl adjacent to an activating group) is 1. The van der Waals surface area contributed by atoms with Gasteiger partial charge in [-0.15, -0.1) is 0 Å². The second kappa shape index (κ2) is 7.15. The summed E-state index contributed by atoms with van der Waals surface area (Å²) < 4.78 is 28.8. The predicted octanol–water partition coefficient (Wildman–Crippen LogP) is 1.33. The SMILES string of the molecule is CCN(CC)CCc1noc(CC(=O)C(F)F)n1. The van der Waals surface area contributed by atoms with E-state index in [9.17, 15) is 13.6 Å². The Morgan fingerprint density at radius 1 is 1.39 bits per heavy atom. The maximum Gasteiger partial charge on any atom is 0.296 e. The highest BCUT2D eigenvalue weighted by Gasteiger charge is 2.19. The highest BCUT2D eigenvalue weighted by atomic mass is 19.3. The van der Waals surface area contributed by atoms with E-state index in [4.69, 9.17) is 4.52 Å². The van der Waals surface area contributed by atoms with Crippen molar-refractivity contribution in [2.24, 2.45) is 0 Å². The van der Waals surface area contributed by atoms with Crippen LogP contribution in [0.5, 0.6) is 0 Å². The van der Waals surface area contributed by atoms with Crippen LogP contribution in [-0.2, 0) is 17.6 Å². The third-order valence-corrected chi connectivity index (χ3v) is 2.63. The number of rotatable bonds is 8. The van der Waals surface area contributed by atoms with Crippen molar-refractivity contribution in [2.75, 3.05) is 19.6 Å². The Labute approximate surface area is 104 Å². The molecule has 1 aromatic heterocycles. The predicted molar refractivity (Wildman–Crippen MR) is 60.5 cm³/mol. The van der Waals surface area contributed by atoms with E-state index in [0.717, 1.165) is 19.6 Å². The summed E-state index contributed by atoms with van der Waals surface area (Å²) in [5, 5.41) is 3.66. The standard InChI is InChI=1S/C11H17F2N3O2/c1-3-16(4-2)6-5-9-14-10(18-15-9)7-8(17)11(12)13/h11H,3-7H2,1-2H3. The minimum Gasteiger partial charge on any atom is -0.339 e. The van der Waals surface area contributed by atoms with E-state index in [-0.39, 0.29) is 5.89 Å². The lowest BCUT2D eigenvalue weighted by Crippen LogP contribution is -2.25.